The summed E-state index contributed by atoms with van der Waals surface area (Å²) >= 11 is 6.11. The van der Waals surface area contributed by atoms with Crippen molar-refractivity contribution in [1.82, 2.24) is 9.55 Å². The van der Waals surface area contributed by atoms with Gasteiger partial charge in [-0.25, -0.2) is 13.8 Å². The molecule has 1 heterocycles. The van der Waals surface area contributed by atoms with E-state index in [0.29, 0.717) is 17.9 Å². The number of fused-ring (bicyclic) bond motifs is 1. The molecule has 0 fully saturated rings. The van der Waals surface area contributed by atoms with Gasteiger partial charge in [0.25, 0.3) is 0 Å². The number of nitrogens with zero attached hydrogens (tertiary/aromatic N) is 2. The molecule has 1 aromatic heterocycles. The molecule has 2 aromatic rings. The number of halogens is 3. The summed E-state index contributed by atoms with van der Waals surface area (Å²) in [4.78, 5) is 4.24. The van der Waals surface area contributed by atoms with Gasteiger partial charge >= 0.3 is 0 Å². The fourth-order valence-electron chi connectivity index (χ4n) is 2.40. The van der Waals surface area contributed by atoms with Crippen molar-refractivity contribution in [2.24, 2.45) is 0 Å². The van der Waals surface area contributed by atoms with E-state index in [9.17, 15) is 8.78 Å². The summed E-state index contributed by atoms with van der Waals surface area (Å²) in [6.07, 6.45) is 4.34. The standard InChI is InChI=1S/C15H19ClF2N2/c1-3-4-5-6-7-20-13-9-11(17)8-12(18)14(13)19-15(20)10(2)16/h8-10H,3-7H2,1-2H3. The van der Waals surface area contributed by atoms with Crippen LogP contribution in [0.2, 0.25) is 0 Å². The van der Waals surface area contributed by atoms with Gasteiger partial charge in [0.2, 0.25) is 0 Å². The van der Waals surface area contributed by atoms with Gasteiger partial charge in [-0.2, -0.15) is 0 Å². The van der Waals surface area contributed by atoms with E-state index in [1.54, 1.807) is 6.92 Å². The van der Waals surface area contributed by atoms with Crippen molar-refractivity contribution in [2.75, 3.05) is 0 Å². The molecule has 0 radical (unpaired) electrons. The highest BCUT2D eigenvalue weighted by Gasteiger charge is 2.18. The van der Waals surface area contributed by atoms with Crippen molar-refractivity contribution in [1.29, 1.82) is 0 Å². The Morgan fingerprint density at radius 2 is 2.00 bits per heavy atom. The van der Waals surface area contributed by atoms with E-state index >= 15 is 0 Å². The minimum Gasteiger partial charge on any atom is -0.327 e. The molecule has 0 spiro atoms. The predicted molar refractivity (Wildman–Crippen MR) is 78.1 cm³/mol. The lowest BCUT2D eigenvalue weighted by atomic mass is 10.2. The van der Waals surface area contributed by atoms with Crippen LogP contribution in [0.5, 0.6) is 0 Å². The number of hydrogen-bond acceptors (Lipinski definition) is 1. The third-order valence-corrected chi connectivity index (χ3v) is 3.59. The first kappa shape index (κ1) is 15.2. The maximum atomic E-state index is 13.8. The number of aryl methyl sites for hydroxylation is 1. The number of rotatable bonds is 6. The zero-order chi connectivity index (χ0) is 14.7. The Bertz CT molecular complexity index is 593. The van der Waals surface area contributed by atoms with Crippen molar-refractivity contribution in [3.05, 3.63) is 29.6 Å². The van der Waals surface area contributed by atoms with Gasteiger partial charge in [0.1, 0.15) is 17.2 Å². The molecule has 1 atom stereocenters. The third kappa shape index (κ3) is 3.11. The van der Waals surface area contributed by atoms with Crippen molar-refractivity contribution >= 4 is 22.6 Å². The van der Waals surface area contributed by atoms with Crippen LogP contribution < -0.4 is 0 Å². The first-order chi connectivity index (χ1) is 9.54. The number of benzene rings is 1. The molecule has 5 heteroatoms. The summed E-state index contributed by atoms with van der Waals surface area (Å²) < 4.78 is 29.0. The molecule has 1 unspecified atom stereocenters. The molecule has 20 heavy (non-hydrogen) atoms. The molecule has 2 nitrogen and oxygen atoms in total. The van der Waals surface area contributed by atoms with Crippen LogP contribution >= 0.6 is 11.6 Å². The van der Waals surface area contributed by atoms with Crippen LogP contribution in [0.25, 0.3) is 11.0 Å². The van der Waals surface area contributed by atoms with Gasteiger partial charge in [-0.05, 0) is 19.4 Å². The van der Waals surface area contributed by atoms with Gasteiger partial charge in [-0.1, -0.05) is 26.2 Å². The molecule has 0 saturated heterocycles. The molecule has 1 aromatic carbocycles. The molecule has 0 aliphatic carbocycles. The number of alkyl halides is 1. The maximum Gasteiger partial charge on any atom is 0.153 e. The summed E-state index contributed by atoms with van der Waals surface area (Å²) in [5, 5.41) is -0.337. The van der Waals surface area contributed by atoms with Crippen LogP contribution in [-0.4, -0.2) is 9.55 Å². The quantitative estimate of drug-likeness (QED) is 0.530. The van der Waals surface area contributed by atoms with Crippen molar-refractivity contribution in [3.8, 4) is 0 Å². The fraction of sp³-hybridized carbons (Fsp3) is 0.533. The first-order valence-corrected chi connectivity index (χ1v) is 7.47. The second-order valence-electron chi connectivity index (χ2n) is 5.05. The molecular formula is C15H19ClF2N2. The summed E-state index contributed by atoms with van der Waals surface area (Å²) in [6.45, 7) is 4.62. The van der Waals surface area contributed by atoms with Gasteiger partial charge in [0.15, 0.2) is 5.82 Å². The molecule has 0 N–H and O–H groups in total. The van der Waals surface area contributed by atoms with Gasteiger partial charge in [-0.15, -0.1) is 11.6 Å². The van der Waals surface area contributed by atoms with E-state index in [-0.39, 0.29) is 10.9 Å². The Labute approximate surface area is 122 Å². The topological polar surface area (TPSA) is 17.8 Å². The highest BCUT2D eigenvalue weighted by Crippen LogP contribution is 2.27. The SMILES string of the molecule is CCCCCCn1c(C(C)Cl)nc2c(F)cc(F)cc21. The molecule has 0 aliphatic heterocycles. The maximum absolute atomic E-state index is 13.8. The third-order valence-electron chi connectivity index (χ3n) is 3.39. The minimum atomic E-state index is -0.633. The monoisotopic (exact) mass is 300 g/mol. The average molecular weight is 301 g/mol. The summed E-state index contributed by atoms with van der Waals surface area (Å²) in [6, 6.07) is 2.19. The Hall–Kier alpha value is -1.16. The molecule has 2 rings (SSSR count). The summed E-state index contributed by atoms with van der Waals surface area (Å²) in [7, 11) is 0. The predicted octanol–water partition coefficient (Wildman–Crippen LogP) is 5.19. The first-order valence-electron chi connectivity index (χ1n) is 7.03. The average Bonchev–Trinajstić information content (AvgIpc) is 2.74. The minimum absolute atomic E-state index is 0.199. The largest absolute Gasteiger partial charge is 0.327 e. The van der Waals surface area contributed by atoms with Gasteiger partial charge in [0, 0.05) is 12.6 Å². The van der Waals surface area contributed by atoms with Crippen LogP contribution in [0.1, 0.15) is 50.7 Å². The van der Waals surface area contributed by atoms with E-state index in [2.05, 4.69) is 11.9 Å². The Kier molecular flexibility index (Phi) is 4.97. The van der Waals surface area contributed by atoms with E-state index in [1.807, 2.05) is 4.57 Å². The lowest BCUT2D eigenvalue weighted by Gasteiger charge is -2.10. The fourth-order valence-corrected chi connectivity index (χ4v) is 2.57. The number of aromatic nitrogens is 2. The smallest absolute Gasteiger partial charge is 0.153 e. The normalized spacial score (nSPS) is 13.1. The molecule has 0 bridgehead atoms. The molecule has 0 amide bonds. The van der Waals surface area contributed by atoms with E-state index in [4.69, 9.17) is 11.6 Å². The number of hydrogen-bond donors (Lipinski definition) is 0. The van der Waals surface area contributed by atoms with Gasteiger partial charge in [0.05, 0.1) is 10.9 Å². The van der Waals surface area contributed by atoms with Crippen LogP contribution in [-0.2, 0) is 6.54 Å². The van der Waals surface area contributed by atoms with Gasteiger partial charge in [-0.3, -0.25) is 0 Å². The van der Waals surface area contributed by atoms with Crippen molar-refractivity contribution in [2.45, 2.75) is 51.5 Å². The molecule has 0 saturated carbocycles. The van der Waals surface area contributed by atoms with Crippen LogP contribution in [0.3, 0.4) is 0 Å². The lowest BCUT2D eigenvalue weighted by molar-refractivity contribution is 0.571. The molecular weight excluding hydrogens is 282 g/mol. The second kappa shape index (κ2) is 6.53. The van der Waals surface area contributed by atoms with E-state index in [1.165, 1.54) is 6.07 Å². The zero-order valence-corrected chi connectivity index (χ0v) is 12.6. The highest BCUT2D eigenvalue weighted by molar-refractivity contribution is 6.20. The second-order valence-corrected chi connectivity index (χ2v) is 5.71. The number of imidazole rings is 1. The Morgan fingerprint density at radius 1 is 1.25 bits per heavy atom. The van der Waals surface area contributed by atoms with Crippen LogP contribution in [0.4, 0.5) is 8.78 Å². The van der Waals surface area contributed by atoms with E-state index in [0.717, 1.165) is 31.7 Å². The Morgan fingerprint density at radius 3 is 2.65 bits per heavy atom. The summed E-state index contributed by atoms with van der Waals surface area (Å²) in [5.41, 5.74) is 0.686. The van der Waals surface area contributed by atoms with Gasteiger partial charge < -0.3 is 4.57 Å². The zero-order valence-electron chi connectivity index (χ0n) is 11.8. The van der Waals surface area contributed by atoms with E-state index < -0.39 is 11.6 Å². The lowest BCUT2D eigenvalue weighted by Crippen LogP contribution is -2.05. The van der Waals surface area contributed by atoms with Crippen molar-refractivity contribution in [3.63, 3.8) is 0 Å². The highest BCUT2D eigenvalue weighted by atomic mass is 35.5. The Balaban J connectivity index is 2.40. The van der Waals surface area contributed by atoms with Crippen molar-refractivity contribution < 1.29 is 8.78 Å². The van der Waals surface area contributed by atoms with Crippen LogP contribution in [0, 0.1) is 11.6 Å². The number of unbranched alkanes of at least 4 members (excludes halogenated alkanes) is 3. The molecule has 110 valence electrons. The van der Waals surface area contributed by atoms with Crippen LogP contribution in [0.15, 0.2) is 12.1 Å². The molecule has 0 aliphatic rings. The summed E-state index contributed by atoms with van der Waals surface area (Å²) in [5.74, 6) is -0.618.